The molecule has 0 heterocycles. The summed E-state index contributed by atoms with van der Waals surface area (Å²) in [6.07, 6.45) is 9.71. The molecule has 0 radical (unpaired) electrons. The van der Waals surface area contributed by atoms with Gasteiger partial charge in [0.25, 0.3) is 0 Å². The van der Waals surface area contributed by atoms with Crippen molar-refractivity contribution in [1.82, 2.24) is 5.32 Å². The Hall–Kier alpha value is -0.530. The fourth-order valence-corrected chi connectivity index (χ4v) is 4.48. The van der Waals surface area contributed by atoms with Crippen LogP contribution in [0.25, 0.3) is 0 Å². The van der Waals surface area contributed by atoms with E-state index < -0.39 is 0 Å². The fraction of sp³-hybridized carbons (Fsp3) is 0.684. The van der Waals surface area contributed by atoms with Gasteiger partial charge in [-0.1, -0.05) is 63.6 Å². The average molecular weight is 306 g/mol. The van der Waals surface area contributed by atoms with Gasteiger partial charge in [-0.15, -0.1) is 0 Å². The van der Waals surface area contributed by atoms with E-state index in [2.05, 4.69) is 31.3 Å². The number of nitrogens with one attached hydrogen (secondary N) is 1. The van der Waals surface area contributed by atoms with Gasteiger partial charge in [-0.3, -0.25) is 0 Å². The molecule has 0 aromatic heterocycles. The van der Waals surface area contributed by atoms with Gasteiger partial charge < -0.3 is 5.32 Å². The second kappa shape index (κ2) is 6.30. The van der Waals surface area contributed by atoms with Crippen molar-refractivity contribution in [3.05, 3.63) is 34.3 Å². The first kappa shape index (κ1) is 15.4. The summed E-state index contributed by atoms with van der Waals surface area (Å²) in [6, 6.07) is 6.86. The number of rotatable bonds is 4. The predicted molar refractivity (Wildman–Crippen MR) is 90.9 cm³/mol. The van der Waals surface area contributed by atoms with Gasteiger partial charge >= 0.3 is 0 Å². The molecule has 0 saturated heterocycles. The van der Waals surface area contributed by atoms with E-state index in [0.29, 0.717) is 11.5 Å². The van der Waals surface area contributed by atoms with E-state index in [4.69, 9.17) is 11.6 Å². The third kappa shape index (κ3) is 3.46. The summed E-state index contributed by atoms with van der Waals surface area (Å²) in [5.41, 5.74) is 3.19. The second-order valence-corrected chi connectivity index (χ2v) is 8.12. The molecule has 21 heavy (non-hydrogen) atoms. The summed E-state index contributed by atoms with van der Waals surface area (Å²) in [5, 5.41) is 4.71. The van der Waals surface area contributed by atoms with Crippen molar-refractivity contribution in [2.75, 3.05) is 6.54 Å². The summed E-state index contributed by atoms with van der Waals surface area (Å²) >= 11 is 6.21. The molecule has 0 amide bonds. The van der Waals surface area contributed by atoms with Crippen molar-refractivity contribution in [2.45, 2.75) is 64.8 Å². The second-order valence-electron chi connectivity index (χ2n) is 7.69. The maximum absolute atomic E-state index is 6.21. The van der Waals surface area contributed by atoms with E-state index in [0.717, 1.165) is 23.9 Å². The van der Waals surface area contributed by atoms with Crippen LogP contribution < -0.4 is 5.32 Å². The standard InChI is InChI=1S/C19H28ClN/c1-19(2)13-15-8-9-16(20)12-17(15)18(19)21-11-10-14-6-4-3-5-7-14/h8-9,12,14,18,21H,3-7,10-11,13H2,1-2H3. The first-order valence-corrected chi connectivity index (χ1v) is 8.96. The van der Waals surface area contributed by atoms with Crippen molar-refractivity contribution in [1.29, 1.82) is 0 Å². The summed E-state index contributed by atoms with van der Waals surface area (Å²) in [6.45, 7) is 5.89. The molecule has 1 atom stereocenters. The summed E-state index contributed by atoms with van der Waals surface area (Å²) in [5.74, 6) is 0.953. The highest BCUT2D eigenvalue weighted by atomic mass is 35.5. The molecule has 0 bridgehead atoms. The van der Waals surface area contributed by atoms with Crippen LogP contribution in [0.4, 0.5) is 0 Å². The lowest BCUT2D eigenvalue weighted by molar-refractivity contribution is 0.255. The van der Waals surface area contributed by atoms with Crippen LogP contribution >= 0.6 is 11.6 Å². The number of hydrogen-bond donors (Lipinski definition) is 1. The van der Waals surface area contributed by atoms with Gasteiger partial charge in [0.1, 0.15) is 0 Å². The molecule has 0 aliphatic heterocycles. The third-order valence-electron chi connectivity index (χ3n) is 5.47. The zero-order valence-electron chi connectivity index (χ0n) is 13.4. The van der Waals surface area contributed by atoms with Crippen LogP contribution in [0, 0.1) is 11.3 Å². The van der Waals surface area contributed by atoms with Gasteiger partial charge in [-0.2, -0.15) is 0 Å². The van der Waals surface area contributed by atoms with Crippen molar-refractivity contribution in [3.63, 3.8) is 0 Å². The SMILES string of the molecule is CC1(C)Cc2ccc(Cl)cc2C1NCCC1CCCCC1. The van der Waals surface area contributed by atoms with E-state index in [1.54, 1.807) is 0 Å². The minimum Gasteiger partial charge on any atom is -0.309 e. The normalized spacial score (nSPS) is 25.0. The first-order chi connectivity index (χ1) is 10.1. The molecule has 1 nitrogen and oxygen atoms in total. The maximum Gasteiger partial charge on any atom is 0.0409 e. The van der Waals surface area contributed by atoms with E-state index in [1.165, 1.54) is 49.7 Å². The largest absolute Gasteiger partial charge is 0.309 e. The monoisotopic (exact) mass is 305 g/mol. The Bertz CT molecular complexity index is 488. The molecule has 1 N–H and O–H groups in total. The Morgan fingerprint density at radius 3 is 2.71 bits per heavy atom. The van der Waals surface area contributed by atoms with Gasteiger partial charge in [0.2, 0.25) is 0 Å². The zero-order valence-corrected chi connectivity index (χ0v) is 14.2. The smallest absolute Gasteiger partial charge is 0.0409 e. The Balaban J connectivity index is 1.62. The van der Waals surface area contributed by atoms with E-state index >= 15 is 0 Å². The van der Waals surface area contributed by atoms with Crippen LogP contribution in [0.2, 0.25) is 5.02 Å². The molecule has 2 aliphatic rings. The molecular weight excluding hydrogens is 278 g/mol. The Morgan fingerprint density at radius 2 is 1.95 bits per heavy atom. The van der Waals surface area contributed by atoms with Crippen LogP contribution in [0.3, 0.4) is 0 Å². The Kier molecular flexibility index (Phi) is 4.61. The third-order valence-corrected chi connectivity index (χ3v) is 5.71. The Morgan fingerprint density at radius 1 is 1.19 bits per heavy atom. The van der Waals surface area contributed by atoms with Crippen molar-refractivity contribution >= 4 is 11.6 Å². The number of benzene rings is 1. The van der Waals surface area contributed by atoms with Crippen LogP contribution in [0.15, 0.2) is 18.2 Å². The van der Waals surface area contributed by atoms with Gasteiger partial charge in [0.15, 0.2) is 0 Å². The zero-order chi connectivity index (χ0) is 14.9. The van der Waals surface area contributed by atoms with Gasteiger partial charge in [0, 0.05) is 11.1 Å². The van der Waals surface area contributed by atoms with Gasteiger partial charge in [-0.05, 0) is 54.0 Å². The molecule has 2 heteroatoms. The molecule has 1 aromatic carbocycles. The van der Waals surface area contributed by atoms with Gasteiger partial charge in [0.05, 0.1) is 0 Å². The minimum absolute atomic E-state index is 0.291. The van der Waals surface area contributed by atoms with Gasteiger partial charge in [-0.25, -0.2) is 0 Å². The topological polar surface area (TPSA) is 12.0 Å². The number of fused-ring (bicyclic) bond motifs is 1. The van der Waals surface area contributed by atoms with Crippen molar-refractivity contribution in [3.8, 4) is 0 Å². The number of hydrogen-bond acceptors (Lipinski definition) is 1. The minimum atomic E-state index is 0.291. The number of halogens is 1. The maximum atomic E-state index is 6.21. The summed E-state index contributed by atoms with van der Waals surface area (Å²) in [4.78, 5) is 0. The van der Waals surface area contributed by atoms with E-state index in [-0.39, 0.29) is 0 Å². The average Bonchev–Trinajstić information content (AvgIpc) is 2.71. The van der Waals surface area contributed by atoms with Crippen LogP contribution in [-0.4, -0.2) is 6.54 Å². The highest BCUT2D eigenvalue weighted by molar-refractivity contribution is 6.30. The fourth-order valence-electron chi connectivity index (χ4n) is 4.30. The highest BCUT2D eigenvalue weighted by Crippen LogP contribution is 2.45. The first-order valence-electron chi connectivity index (χ1n) is 8.58. The molecule has 3 rings (SSSR count). The van der Waals surface area contributed by atoms with Crippen LogP contribution in [-0.2, 0) is 6.42 Å². The lowest BCUT2D eigenvalue weighted by Crippen LogP contribution is -2.32. The highest BCUT2D eigenvalue weighted by Gasteiger charge is 2.38. The molecule has 116 valence electrons. The van der Waals surface area contributed by atoms with Crippen LogP contribution in [0.5, 0.6) is 0 Å². The summed E-state index contributed by atoms with van der Waals surface area (Å²) in [7, 11) is 0. The predicted octanol–water partition coefficient (Wildman–Crippen LogP) is 5.52. The quantitative estimate of drug-likeness (QED) is 0.772. The van der Waals surface area contributed by atoms with E-state index in [9.17, 15) is 0 Å². The molecule has 1 aromatic rings. The van der Waals surface area contributed by atoms with Crippen molar-refractivity contribution in [2.24, 2.45) is 11.3 Å². The molecule has 1 unspecified atom stereocenters. The molecule has 2 aliphatic carbocycles. The molecule has 1 fully saturated rings. The lowest BCUT2D eigenvalue weighted by Gasteiger charge is -2.30. The van der Waals surface area contributed by atoms with Crippen LogP contribution in [0.1, 0.15) is 69.5 Å². The summed E-state index contributed by atoms with van der Waals surface area (Å²) < 4.78 is 0. The lowest BCUT2D eigenvalue weighted by atomic mass is 9.84. The Labute approximate surface area is 134 Å². The molecule has 1 saturated carbocycles. The molecule has 0 spiro atoms. The van der Waals surface area contributed by atoms with Crippen molar-refractivity contribution < 1.29 is 0 Å². The van der Waals surface area contributed by atoms with E-state index in [1.807, 2.05) is 6.07 Å². The molecular formula is C19H28ClN.